The van der Waals surface area contributed by atoms with Crippen molar-refractivity contribution in [2.45, 2.75) is 32.6 Å². The van der Waals surface area contributed by atoms with E-state index >= 15 is 0 Å². The van der Waals surface area contributed by atoms with Crippen LogP contribution in [0.2, 0.25) is 0 Å². The Balaban J connectivity index is 2.33. The maximum Gasteiger partial charge on any atom is 0.148 e. The van der Waals surface area contributed by atoms with Gasteiger partial charge in [-0.25, -0.2) is 0 Å². The molecule has 0 amide bonds. The average molecular weight is 228 g/mol. The van der Waals surface area contributed by atoms with Crippen molar-refractivity contribution in [2.75, 3.05) is 11.9 Å². The van der Waals surface area contributed by atoms with Crippen molar-refractivity contribution < 1.29 is 0 Å². The molecule has 1 aromatic heterocycles. The Kier molecular flexibility index (Phi) is 4.82. The Morgan fingerprint density at radius 3 is 2.60 bits per heavy atom. The van der Waals surface area contributed by atoms with Crippen molar-refractivity contribution in [1.29, 1.82) is 0 Å². The minimum atomic E-state index is 0.146. The highest BCUT2D eigenvalue weighted by molar-refractivity contribution is 6.20. The van der Waals surface area contributed by atoms with Gasteiger partial charge in [-0.15, -0.1) is 16.7 Å². The van der Waals surface area contributed by atoms with Crippen LogP contribution in [0.5, 0.6) is 0 Å². The summed E-state index contributed by atoms with van der Waals surface area (Å²) in [5.74, 6) is 1.41. The highest BCUT2D eigenvalue weighted by atomic mass is 35.5. The van der Waals surface area contributed by atoms with Crippen LogP contribution in [0.4, 0.5) is 5.82 Å². The molecule has 1 heterocycles. The third-order valence-corrected chi connectivity index (χ3v) is 2.36. The molecule has 0 aliphatic heterocycles. The van der Waals surface area contributed by atoms with E-state index in [2.05, 4.69) is 29.4 Å². The van der Waals surface area contributed by atoms with E-state index in [1.807, 2.05) is 19.1 Å². The fourth-order valence-electron chi connectivity index (χ4n) is 1.30. The predicted molar refractivity (Wildman–Crippen MR) is 64.4 cm³/mol. The smallest absolute Gasteiger partial charge is 0.148 e. The molecule has 0 bridgehead atoms. The van der Waals surface area contributed by atoms with Crippen LogP contribution in [0.1, 0.15) is 26.0 Å². The third kappa shape index (κ3) is 4.98. The highest BCUT2D eigenvalue weighted by Crippen LogP contribution is 2.11. The summed E-state index contributed by atoms with van der Waals surface area (Å²) in [7, 11) is 0. The highest BCUT2D eigenvalue weighted by Gasteiger charge is 2.07. The van der Waals surface area contributed by atoms with Crippen LogP contribution in [0.3, 0.4) is 0 Å². The number of alkyl halides is 1. The predicted octanol–water partition coefficient (Wildman–Crippen LogP) is 2.85. The van der Waals surface area contributed by atoms with Gasteiger partial charge in [0, 0.05) is 6.54 Å². The van der Waals surface area contributed by atoms with Gasteiger partial charge in [0.05, 0.1) is 11.1 Å². The lowest BCUT2D eigenvalue weighted by molar-refractivity contribution is 0.572. The number of nitrogens with zero attached hydrogens (tertiary/aromatic N) is 2. The molecule has 0 saturated carbocycles. The Morgan fingerprint density at radius 2 is 2.07 bits per heavy atom. The number of anilines is 1. The SMILES string of the molecule is Cc1ccc(NCC(Cl)CC(C)C)nn1. The van der Waals surface area contributed by atoms with E-state index in [1.54, 1.807) is 0 Å². The van der Waals surface area contributed by atoms with Gasteiger partial charge < -0.3 is 5.32 Å². The van der Waals surface area contributed by atoms with Gasteiger partial charge in [0.2, 0.25) is 0 Å². The Labute approximate surface area is 96.2 Å². The van der Waals surface area contributed by atoms with Crippen LogP contribution in [0, 0.1) is 12.8 Å². The summed E-state index contributed by atoms with van der Waals surface area (Å²) < 4.78 is 0. The van der Waals surface area contributed by atoms with Gasteiger partial charge in [-0.2, -0.15) is 5.10 Å². The fourth-order valence-corrected chi connectivity index (χ4v) is 1.74. The molecule has 0 aliphatic carbocycles. The van der Waals surface area contributed by atoms with Crippen molar-refractivity contribution in [2.24, 2.45) is 5.92 Å². The second-order valence-corrected chi connectivity index (χ2v) is 4.78. The molecule has 1 unspecified atom stereocenters. The second kappa shape index (κ2) is 5.91. The first kappa shape index (κ1) is 12.2. The van der Waals surface area contributed by atoms with E-state index in [-0.39, 0.29) is 5.38 Å². The Hall–Kier alpha value is -0.830. The van der Waals surface area contributed by atoms with Crippen molar-refractivity contribution in [1.82, 2.24) is 10.2 Å². The molecule has 0 aromatic carbocycles. The quantitative estimate of drug-likeness (QED) is 0.787. The van der Waals surface area contributed by atoms with Gasteiger partial charge in [-0.1, -0.05) is 13.8 Å². The number of aryl methyl sites for hydroxylation is 1. The standard InChI is InChI=1S/C11H18ClN3/c1-8(2)6-10(12)7-13-11-5-4-9(3)14-15-11/h4-5,8,10H,6-7H2,1-3H3,(H,13,15). The maximum atomic E-state index is 6.15. The lowest BCUT2D eigenvalue weighted by Crippen LogP contribution is -2.17. The fraction of sp³-hybridized carbons (Fsp3) is 0.636. The van der Waals surface area contributed by atoms with Gasteiger partial charge >= 0.3 is 0 Å². The lowest BCUT2D eigenvalue weighted by atomic mass is 10.1. The molecule has 0 fully saturated rings. The minimum absolute atomic E-state index is 0.146. The van der Waals surface area contributed by atoms with Gasteiger partial charge in [-0.3, -0.25) is 0 Å². The van der Waals surface area contributed by atoms with E-state index in [1.165, 1.54) is 0 Å². The summed E-state index contributed by atoms with van der Waals surface area (Å²) >= 11 is 6.15. The molecule has 3 nitrogen and oxygen atoms in total. The van der Waals surface area contributed by atoms with Crippen molar-refractivity contribution in [3.8, 4) is 0 Å². The average Bonchev–Trinajstić information content (AvgIpc) is 2.16. The summed E-state index contributed by atoms with van der Waals surface area (Å²) in [5, 5.41) is 11.3. The number of hydrogen-bond donors (Lipinski definition) is 1. The Morgan fingerprint density at radius 1 is 1.33 bits per heavy atom. The van der Waals surface area contributed by atoms with E-state index in [9.17, 15) is 0 Å². The molecule has 0 radical (unpaired) electrons. The third-order valence-electron chi connectivity index (χ3n) is 2.03. The molecular weight excluding hydrogens is 210 g/mol. The first-order valence-corrected chi connectivity index (χ1v) is 5.70. The Bertz CT molecular complexity index is 284. The van der Waals surface area contributed by atoms with Crippen LogP contribution < -0.4 is 5.32 Å². The van der Waals surface area contributed by atoms with Crippen molar-refractivity contribution >= 4 is 17.4 Å². The molecule has 1 rings (SSSR count). The number of hydrogen-bond acceptors (Lipinski definition) is 3. The molecule has 0 aliphatic rings. The van der Waals surface area contributed by atoms with Gasteiger partial charge in [0.15, 0.2) is 0 Å². The van der Waals surface area contributed by atoms with E-state index in [0.717, 1.165) is 24.5 Å². The van der Waals surface area contributed by atoms with E-state index in [4.69, 9.17) is 11.6 Å². The second-order valence-electron chi connectivity index (χ2n) is 4.17. The van der Waals surface area contributed by atoms with Gasteiger partial charge in [0.25, 0.3) is 0 Å². The topological polar surface area (TPSA) is 37.8 Å². The number of halogens is 1. The normalized spacial score (nSPS) is 12.9. The monoisotopic (exact) mass is 227 g/mol. The van der Waals surface area contributed by atoms with Crippen LogP contribution in [-0.4, -0.2) is 22.1 Å². The zero-order valence-electron chi connectivity index (χ0n) is 9.50. The number of nitrogens with one attached hydrogen (secondary N) is 1. The molecule has 1 N–H and O–H groups in total. The largest absolute Gasteiger partial charge is 0.367 e. The first-order chi connectivity index (χ1) is 7.08. The molecule has 0 saturated heterocycles. The minimum Gasteiger partial charge on any atom is -0.367 e. The first-order valence-electron chi connectivity index (χ1n) is 5.26. The summed E-state index contributed by atoms with van der Waals surface area (Å²) in [6.07, 6.45) is 1.01. The lowest BCUT2D eigenvalue weighted by Gasteiger charge is -2.12. The molecule has 4 heteroatoms. The zero-order valence-corrected chi connectivity index (χ0v) is 10.3. The van der Waals surface area contributed by atoms with E-state index < -0.39 is 0 Å². The zero-order chi connectivity index (χ0) is 11.3. The number of aromatic nitrogens is 2. The van der Waals surface area contributed by atoms with Gasteiger partial charge in [0.1, 0.15) is 5.82 Å². The summed E-state index contributed by atoms with van der Waals surface area (Å²) in [6, 6.07) is 3.85. The van der Waals surface area contributed by atoms with E-state index in [0.29, 0.717) is 5.92 Å². The van der Waals surface area contributed by atoms with Crippen LogP contribution in [-0.2, 0) is 0 Å². The van der Waals surface area contributed by atoms with Crippen molar-refractivity contribution in [3.05, 3.63) is 17.8 Å². The molecular formula is C11H18ClN3. The molecule has 0 spiro atoms. The molecule has 1 atom stereocenters. The molecule has 15 heavy (non-hydrogen) atoms. The van der Waals surface area contributed by atoms with Crippen molar-refractivity contribution in [3.63, 3.8) is 0 Å². The summed E-state index contributed by atoms with van der Waals surface area (Å²) in [6.45, 7) is 6.99. The maximum absolute atomic E-state index is 6.15. The summed E-state index contributed by atoms with van der Waals surface area (Å²) in [4.78, 5) is 0. The van der Waals surface area contributed by atoms with Crippen LogP contribution in [0.25, 0.3) is 0 Å². The molecule has 1 aromatic rings. The van der Waals surface area contributed by atoms with Gasteiger partial charge in [-0.05, 0) is 31.4 Å². The summed E-state index contributed by atoms with van der Waals surface area (Å²) in [5.41, 5.74) is 0.921. The number of rotatable bonds is 5. The van der Waals surface area contributed by atoms with Crippen LogP contribution in [0.15, 0.2) is 12.1 Å². The van der Waals surface area contributed by atoms with Crippen LogP contribution >= 0.6 is 11.6 Å². The molecule has 84 valence electrons.